The molecule has 0 aliphatic carbocycles. The van der Waals surface area contributed by atoms with Crippen molar-refractivity contribution < 1.29 is 5.11 Å². The van der Waals surface area contributed by atoms with Crippen molar-refractivity contribution in [2.45, 2.75) is 38.4 Å². The fraction of sp³-hybridized carbons (Fsp3) is 0.571. The number of para-hydroxylation sites is 1. The third-order valence-electron chi connectivity index (χ3n) is 2.88. The first-order chi connectivity index (χ1) is 7.93. The molecule has 0 fully saturated rings. The Kier molecular flexibility index (Phi) is 5.31. The Hall–Kier alpha value is -0.700. The van der Waals surface area contributed by atoms with Crippen LogP contribution >= 0.6 is 15.9 Å². The summed E-state index contributed by atoms with van der Waals surface area (Å²) in [4.78, 5) is 0.379. The summed E-state index contributed by atoms with van der Waals surface area (Å²) in [6, 6.07) is 5.71. The first kappa shape index (κ1) is 14.4. The highest BCUT2D eigenvalue weighted by Crippen LogP contribution is 2.30. The van der Waals surface area contributed by atoms with Gasteiger partial charge in [0.1, 0.15) is 0 Å². The van der Waals surface area contributed by atoms with E-state index in [2.05, 4.69) is 35.1 Å². The molecule has 0 saturated carbocycles. The maximum Gasteiger partial charge on any atom is 0.0341 e. The molecular weight excluding hydrogens is 278 g/mol. The molecule has 0 aliphatic rings. The van der Waals surface area contributed by atoms with Gasteiger partial charge in [-0.1, -0.05) is 67.1 Å². The molecule has 96 valence electrons. The molecule has 3 heteroatoms. The highest BCUT2D eigenvalue weighted by atomic mass is 79.9. The fourth-order valence-corrected chi connectivity index (χ4v) is 1.75. The van der Waals surface area contributed by atoms with Gasteiger partial charge in [-0.25, -0.2) is 0 Å². The summed E-state index contributed by atoms with van der Waals surface area (Å²) in [5, 5.41) is 15.3. The van der Waals surface area contributed by atoms with Crippen LogP contribution in [0.15, 0.2) is 18.2 Å². The van der Waals surface area contributed by atoms with E-state index >= 15 is 0 Å². The van der Waals surface area contributed by atoms with Crippen molar-refractivity contribution in [1.82, 2.24) is 0 Å². The molecule has 0 spiro atoms. The second-order valence-electron chi connectivity index (χ2n) is 5.02. The van der Waals surface area contributed by atoms with Crippen LogP contribution < -0.4 is 10.4 Å². The van der Waals surface area contributed by atoms with Gasteiger partial charge in [0.25, 0.3) is 0 Å². The van der Waals surface area contributed by atoms with Crippen LogP contribution in [0.3, 0.4) is 0 Å². The number of rotatable bonds is 5. The van der Waals surface area contributed by atoms with Crippen molar-refractivity contribution >= 4 is 21.6 Å². The molecular formula is C14H21BrNO-. The minimum Gasteiger partial charge on any atom is -0.871 e. The van der Waals surface area contributed by atoms with E-state index in [1.54, 1.807) is 0 Å². The molecule has 1 rings (SSSR count). The van der Waals surface area contributed by atoms with E-state index in [0.717, 1.165) is 12.1 Å². The van der Waals surface area contributed by atoms with Crippen molar-refractivity contribution in [2.75, 3.05) is 11.9 Å². The molecule has 2 nitrogen and oxygen atoms in total. The van der Waals surface area contributed by atoms with Crippen LogP contribution in [0.1, 0.15) is 39.2 Å². The molecule has 0 radical (unpaired) electrons. The zero-order chi connectivity index (χ0) is 13.0. The molecule has 0 heterocycles. The van der Waals surface area contributed by atoms with E-state index in [-0.39, 0.29) is 11.7 Å². The smallest absolute Gasteiger partial charge is 0.0341 e. The predicted molar refractivity (Wildman–Crippen MR) is 76.0 cm³/mol. The lowest BCUT2D eigenvalue weighted by molar-refractivity contribution is -0.268. The van der Waals surface area contributed by atoms with Crippen molar-refractivity contribution in [1.29, 1.82) is 0 Å². The van der Waals surface area contributed by atoms with E-state index in [1.807, 2.05) is 32.0 Å². The summed E-state index contributed by atoms with van der Waals surface area (Å²) in [5.41, 5.74) is 1.59. The minimum absolute atomic E-state index is 0.131. The Morgan fingerprint density at radius 2 is 1.88 bits per heavy atom. The van der Waals surface area contributed by atoms with Crippen molar-refractivity contribution in [3.63, 3.8) is 0 Å². The van der Waals surface area contributed by atoms with E-state index in [1.165, 1.54) is 0 Å². The second-order valence-corrected chi connectivity index (χ2v) is 6.20. The average Bonchev–Trinajstić information content (AvgIpc) is 2.26. The van der Waals surface area contributed by atoms with Gasteiger partial charge in [0.2, 0.25) is 0 Å². The fourth-order valence-electron chi connectivity index (χ4n) is 1.59. The standard InChI is InChI=1S/C14H22BrNO/c1-9(2)11-6-5-7-13(14(11)17)16-8-12(15)10(3)4/h5-7,9-10,12,16-17H,8H2,1-4H3/p-1. The van der Waals surface area contributed by atoms with Gasteiger partial charge in [-0.05, 0) is 17.9 Å². The van der Waals surface area contributed by atoms with E-state index in [4.69, 9.17) is 0 Å². The number of benzene rings is 1. The van der Waals surface area contributed by atoms with Crippen LogP contribution in [0, 0.1) is 5.92 Å². The van der Waals surface area contributed by atoms with E-state index in [9.17, 15) is 5.11 Å². The van der Waals surface area contributed by atoms with Gasteiger partial charge in [0, 0.05) is 17.1 Å². The molecule has 1 unspecified atom stereocenters. The molecule has 0 saturated heterocycles. The third-order valence-corrected chi connectivity index (χ3v) is 4.26. The summed E-state index contributed by atoms with van der Waals surface area (Å²) in [7, 11) is 0. The molecule has 1 aromatic rings. The lowest BCUT2D eigenvalue weighted by atomic mass is 10.0. The first-order valence-corrected chi connectivity index (χ1v) is 7.03. The first-order valence-electron chi connectivity index (χ1n) is 6.11. The van der Waals surface area contributed by atoms with Crippen LogP contribution in [-0.2, 0) is 0 Å². The molecule has 0 amide bonds. The van der Waals surface area contributed by atoms with Crippen LogP contribution in [0.5, 0.6) is 5.75 Å². The molecule has 0 aromatic heterocycles. The van der Waals surface area contributed by atoms with Crippen molar-refractivity contribution in [3.05, 3.63) is 23.8 Å². The van der Waals surface area contributed by atoms with E-state index < -0.39 is 0 Å². The molecule has 1 aromatic carbocycles. The molecule has 0 bridgehead atoms. The molecule has 1 atom stereocenters. The quantitative estimate of drug-likeness (QED) is 0.841. The summed E-state index contributed by atoms with van der Waals surface area (Å²) in [6.45, 7) is 9.17. The van der Waals surface area contributed by atoms with Crippen LogP contribution in [0.25, 0.3) is 0 Å². The zero-order valence-electron chi connectivity index (χ0n) is 11.0. The average molecular weight is 299 g/mol. The maximum atomic E-state index is 12.1. The summed E-state index contributed by atoms with van der Waals surface area (Å²) in [6.07, 6.45) is 0. The SMILES string of the molecule is CC(C)c1cccc(NCC(Br)C(C)C)c1[O-]. The number of hydrogen-bond donors (Lipinski definition) is 1. The number of alkyl halides is 1. The van der Waals surface area contributed by atoms with Gasteiger partial charge in [-0.15, -0.1) is 0 Å². The molecule has 1 N–H and O–H groups in total. The Bertz CT molecular complexity index is 363. The number of hydrogen-bond acceptors (Lipinski definition) is 2. The number of halogens is 1. The Balaban J connectivity index is 2.75. The normalized spacial score (nSPS) is 13.1. The van der Waals surface area contributed by atoms with Crippen LogP contribution in [0.2, 0.25) is 0 Å². The zero-order valence-corrected chi connectivity index (χ0v) is 12.5. The Morgan fingerprint density at radius 1 is 1.24 bits per heavy atom. The van der Waals surface area contributed by atoms with Gasteiger partial charge < -0.3 is 10.4 Å². The van der Waals surface area contributed by atoms with E-state index in [0.29, 0.717) is 16.4 Å². The number of nitrogens with one attached hydrogen (secondary N) is 1. The highest BCUT2D eigenvalue weighted by Gasteiger charge is 2.09. The summed E-state index contributed by atoms with van der Waals surface area (Å²) >= 11 is 3.61. The van der Waals surface area contributed by atoms with Crippen LogP contribution in [0.4, 0.5) is 5.69 Å². The monoisotopic (exact) mass is 298 g/mol. The summed E-state index contributed by atoms with van der Waals surface area (Å²) in [5.74, 6) is 0.950. The van der Waals surface area contributed by atoms with Crippen molar-refractivity contribution in [2.24, 2.45) is 5.92 Å². The van der Waals surface area contributed by atoms with Crippen molar-refractivity contribution in [3.8, 4) is 5.75 Å². The van der Waals surface area contributed by atoms with Gasteiger partial charge in [-0.2, -0.15) is 0 Å². The Labute approximate surface area is 113 Å². The largest absolute Gasteiger partial charge is 0.871 e. The lowest BCUT2D eigenvalue weighted by Gasteiger charge is -2.23. The number of anilines is 1. The third kappa shape index (κ3) is 3.91. The topological polar surface area (TPSA) is 35.1 Å². The highest BCUT2D eigenvalue weighted by molar-refractivity contribution is 9.09. The molecule has 17 heavy (non-hydrogen) atoms. The van der Waals surface area contributed by atoms with Gasteiger partial charge in [-0.3, -0.25) is 0 Å². The minimum atomic E-state index is 0.131. The van der Waals surface area contributed by atoms with Crippen LogP contribution in [-0.4, -0.2) is 11.4 Å². The van der Waals surface area contributed by atoms with Gasteiger partial charge in [0.15, 0.2) is 0 Å². The Morgan fingerprint density at radius 3 is 2.41 bits per heavy atom. The molecule has 0 aliphatic heterocycles. The van der Waals surface area contributed by atoms with Gasteiger partial charge in [0.05, 0.1) is 0 Å². The lowest BCUT2D eigenvalue weighted by Crippen LogP contribution is -2.20. The predicted octanol–water partition coefficient (Wildman–Crippen LogP) is 3.72. The second kappa shape index (κ2) is 6.29. The van der Waals surface area contributed by atoms with Gasteiger partial charge >= 0.3 is 0 Å². The summed E-state index contributed by atoms with van der Waals surface area (Å²) < 4.78 is 0. The maximum absolute atomic E-state index is 12.1.